The molecule has 2 N–H and O–H groups in total. The molecule has 35 heavy (non-hydrogen) atoms. The average Bonchev–Trinajstić information content (AvgIpc) is 2.76. The first-order valence-electron chi connectivity index (χ1n) is 11.3. The fourth-order valence-electron chi connectivity index (χ4n) is 4.81. The number of carbonyl (C=O) groups is 1. The Kier molecular flexibility index (Phi) is 6.14. The van der Waals surface area contributed by atoms with Gasteiger partial charge >= 0.3 is 0 Å². The molecule has 0 radical (unpaired) electrons. The van der Waals surface area contributed by atoms with E-state index in [0.717, 1.165) is 37.4 Å². The molecule has 3 aromatic rings. The molecular weight excluding hydrogens is 488 g/mol. The minimum Gasteiger partial charge on any atom is -0.380 e. The first-order chi connectivity index (χ1) is 16.7. The van der Waals surface area contributed by atoms with Crippen LogP contribution in [-0.2, 0) is 11.8 Å². The zero-order valence-electron chi connectivity index (χ0n) is 20.0. The third-order valence-electron chi connectivity index (χ3n) is 6.59. The molecule has 4 heterocycles. The zero-order valence-corrected chi connectivity index (χ0v) is 21.6. The maximum atomic E-state index is 13.3. The molecule has 0 aliphatic carbocycles. The van der Waals surface area contributed by atoms with Crippen LogP contribution >= 0.6 is 23.5 Å². The number of ether oxygens (including phenoxy) is 1. The molecule has 2 aromatic heterocycles. The highest BCUT2D eigenvalue weighted by Crippen LogP contribution is 2.40. The molecule has 2 fully saturated rings. The third-order valence-corrected chi connectivity index (χ3v) is 7.19. The second-order valence-corrected chi connectivity index (χ2v) is 10.4. The van der Waals surface area contributed by atoms with E-state index in [0.29, 0.717) is 22.5 Å². The van der Waals surface area contributed by atoms with Crippen molar-refractivity contribution >= 4 is 52.0 Å². The monoisotopic (exact) mass is 514 g/mol. The molecule has 1 unspecified atom stereocenters. The van der Waals surface area contributed by atoms with Gasteiger partial charge in [0.2, 0.25) is 5.95 Å². The number of carbonyl (C=O) groups excluding carboxylic acids is 1. The lowest BCUT2D eigenvalue weighted by molar-refractivity contribution is -0.127. The first-order valence-corrected chi connectivity index (χ1v) is 12.9. The smallest absolute Gasteiger partial charge is 0.281 e. The van der Waals surface area contributed by atoms with Crippen LogP contribution in [0.1, 0.15) is 34.6 Å². The summed E-state index contributed by atoms with van der Waals surface area (Å²) >= 11 is 7.25. The highest BCUT2D eigenvalue weighted by atomic mass is 35.5. The van der Waals surface area contributed by atoms with Gasteiger partial charge in [-0.1, -0.05) is 29.6 Å². The van der Waals surface area contributed by atoms with Gasteiger partial charge in [-0.05, 0) is 37.6 Å². The van der Waals surface area contributed by atoms with Crippen LogP contribution < -0.4 is 20.5 Å². The van der Waals surface area contributed by atoms with Crippen molar-refractivity contribution < 1.29 is 9.53 Å². The van der Waals surface area contributed by atoms with Crippen molar-refractivity contribution in [3.05, 3.63) is 56.6 Å². The van der Waals surface area contributed by atoms with Crippen molar-refractivity contribution in [2.24, 2.45) is 12.5 Å². The Hall–Kier alpha value is -2.82. The summed E-state index contributed by atoms with van der Waals surface area (Å²) in [5, 5.41) is 4.18. The molecule has 1 spiro atoms. The molecule has 9 nitrogen and oxygen atoms in total. The number of rotatable bonds is 6. The summed E-state index contributed by atoms with van der Waals surface area (Å²) in [5.41, 5.74) is 3.34. The number of hydrogen-bond donors (Lipinski definition) is 2. The average molecular weight is 515 g/mol. The molecule has 184 valence electrons. The Morgan fingerprint density at radius 1 is 1.26 bits per heavy atom. The number of hydrogen-bond acceptors (Lipinski definition) is 8. The Balaban J connectivity index is 1.54. The SMILES string of the molecule is CSNC(=O)c1nc(Cl)ccc1NC(C)c1cc(C)cc2c(=O)n(C)c(N3CC4(COC4)C3)nc12. The van der Waals surface area contributed by atoms with Gasteiger partial charge in [-0.25, -0.2) is 9.97 Å². The fourth-order valence-corrected chi connectivity index (χ4v) is 5.24. The van der Waals surface area contributed by atoms with E-state index in [9.17, 15) is 9.59 Å². The first kappa shape index (κ1) is 23.9. The molecule has 2 saturated heterocycles. The predicted octanol–water partition coefficient (Wildman–Crippen LogP) is 3.31. The second-order valence-electron chi connectivity index (χ2n) is 9.41. The topological polar surface area (TPSA) is 101 Å². The standard InChI is InChI=1S/C24H27ClN6O3S/c1-13-7-15(14(2)26-17-5-6-18(25)27-20(17)21(32)29-35-4)19-16(8-13)22(33)30(3)23(28-19)31-9-24(10-31)11-34-12-24/h5-8,14,26H,9-12H2,1-4H3,(H,29,32). The normalized spacial score (nSPS) is 17.1. The summed E-state index contributed by atoms with van der Waals surface area (Å²) in [6.45, 7) is 7.12. The van der Waals surface area contributed by atoms with E-state index in [1.54, 1.807) is 30.0 Å². The summed E-state index contributed by atoms with van der Waals surface area (Å²) in [4.78, 5) is 37.2. The van der Waals surface area contributed by atoms with E-state index >= 15 is 0 Å². The van der Waals surface area contributed by atoms with Crippen molar-refractivity contribution in [1.29, 1.82) is 0 Å². The second kappa shape index (κ2) is 9.00. The molecule has 0 saturated carbocycles. The van der Waals surface area contributed by atoms with Crippen LogP contribution in [0.15, 0.2) is 29.1 Å². The van der Waals surface area contributed by atoms with E-state index in [1.165, 1.54) is 11.9 Å². The Morgan fingerprint density at radius 3 is 2.66 bits per heavy atom. The summed E-state index contributed by atoms with van der Waals surface area (Å²) in [7, 11) is 1.77. The minimum atomic E-state index is -0.343. The maximum Gasteiger partial charge on any atom is 0.281 e. The number of pyridine rings is 1. The molecule has 0 bridgehead atoms. The van der Waals surface area contributed by atoms with Crippen LogP contribution in [0.25, 0.3) is 10.9 Å². The van der Waals surface area contributed by atoms with Gasteiger partial charge in [0.25, 0.3) is 11.5 Å². The largest absolute Gasteiger partial charge is 0.380 e. The summed E-state index contributed by atoms with van der Waals surface area (Å²) in [6.07, 6.45) is 1.76. The predicted molar refractivity (Wildman–Crippen MR) is 139 cm³/mol. The number of aromatic nitrogens is 3. The van der Waals surface area contributed by atoms with Crippen LogP contribution in [0.3, 0.4) is 0 Å². The molecular formula is C24H27ClN6O3S. The lowest BCUT2D eigenvalue weighted by atomic mass is 9.78. The number of nitrogens with zero attached hydrogens (tertiary/aromatic N) is 4. The number of benzene rings is 1. The molecule has 11 heteroatoms. The van der Waals surface area contributed by atoms with E-state index in [2.05, 4.69) is 19.9 Å². The lowest BCUT2D eigenvalue weighted by Crippen LogP contribution is -2.66. The van der Waals surface area contributed by atoms with Crippen molar-refractivity contribution in [2.45, 2.75) is 19.9 Å². The van der Waals surface area contributed by atoms with Crippen LogP contribution in [0.5, 0.6) is 0 Å². The maximum absolute atomic E-state index is 13.3. The Morgan fingerprint density at radius 2 is 2.00 bits per heavy atom. The summed E-state index contributed by atoms with van der Waals surface area (Å²) < 4.78 is 9.71. The molecule has 1 aromatic carbocycles. The van der Waals surface area contributed by atoms with Crippen LogP contribution in [0, 0.1) is 12.3 Å². The number of anilines is 2. The van der Waals surface area contributed by atoms with Crippen LogP contribution in [0.2, 0.25) is 5.15 Å². The molecule has 2 aliphatic heterocycles. The van der Waals surface area contributed by atoms with E-state index in [-0.39, 0.29) is 33.8 Å². The number of aryl methyl sites for hydroxylation is 1. The summed E-state index contributed by atoms with van der Waals surface area (Å²) in [6, 6.07) is 7.01. The lowest BCUT2D eigenvalue weighted by Gasteiger charge is -2.55. The molecule has 5 rings (SSSR count). The van der Waals surface area contributed by atoms with Crippen molar-refractivity contribution in [3.8, 4) is 0 Å². The van der Waals surface area contributed by atoms with Gasteiger partial charge in [-0.15, -0.1) is 0 Å². The third kappa shape index (κ3) is 4.23. The number of fused-ring (bicyclic) bond motifs is 1. The zero-order chi connectivity index (χ0) is 24.9. The molecule has 1 amide bonds. The Labute approximate surface area is 212 Å². The van der Waals surface area contributed by atoms with Gasteiger partial charge < -0.3 is 15.0 Å². The van der Waals surface area contributed by atoms with Gasteiger partial charge in [0, 0.05) is 32.0 Å². The Bertz CT molecular complexity index is 1380. The van der Waals surface area contributed by atoms with Crippen molar-refractivity contribution in [1.82, 2.24) is 19.3 Å². The molecule has 1 atom stereocenters. The van der Waals surface area contributed by atoms with Gasteiger partial charge in [-0.2, -0.15) is 0 Å². The highest BCUT2D eigenvalue weighted by molar-refractivity contribution is 7.97. The van der Waals surface area contributed by atoms with Gasteiger partial charge in [0.05, 0.1) is 41.3 Å². The van der Waals surface area contributed by atoms with Crippen LogP contribution in [0.4, 0.5) is 11.6 Å². The highest BCUT2D eigenvalue weighted by Gasteiger charge is 2.50. The van der Waals surface area contributed by atoms with E-state index in [1.807, 2.05) is 26.0 Å². The number of halogens is 1. The van der Waals surface area contributed by atoms with E-state index in [4.69, 9.17) is 21.3 Å². The number of amides is 1. The van der Waals surface area contributed by atoms with Gasteiger partial charge in [0.15, 0.2) is 5.69 Å². The van der Waals surface area contributed by atoms with Gasteiger partial charge in [0.1, 0.15) is 5.15 Å². The van der Waals surface area contributed by atoms with Crippen molar-refractivity contribution in [3.63, 3.8) is 0 Å². The van der Waals surface area contributed by atoms with Crippen molar-refractivity contribution in [2.75, 3.05) is 42.8 Å². The van der Waals surface area contributed by atoms with E-state index < -0.39 is 0 Å². The molecule has 2 aliphatic rings. The van der Waals surface area contributed by atoms with Crippen LogP contribution in [-0.4, -0.2) is 53.0 Å². The minimum absolute atomic E-state index is 0.0823. The summed E-state index contributed by atoms with van der Waals surface area (Å²) in [5.74, 6) is 0.315. The number of nitrogens with one attached hydrogen (secondary N) is 2. The fraction of sp³-hybridized carbons (Fsp3) is 0.417. The quantitative estimate of drug-likeness (QED) is 0.381. The van der Waals surface area contributed by atoms with Gasteiger partial charge in [-0.3, -0.25) is 18.9 Å².